The summed E-state index contributed by atoms with van der Waals surface area (Å²) < 4.78 is 7.65. The average Bonchev–Trinajstić information content (AvgIpc) is 2.34. The van der Waals surface area contributed by atoms with Crippen molar-refractivity contribution in [1.82, 2.24) is 4.98 Å². The van der Waals surface area contributed by atoms with Crippen LogP contribution in [0, 0.1) is 6.92 Å². The molecule has 0 amide bonds. The molecule has 2 aromatic rings. The molecule has 2 rings (SSSR count). The monoisotopic (exact) mass is 383 g/mol. The highest BCUT2D eigenvalue weighted by atomic mass is 79.9. The van der Waals surface area contributed by atoms with Gasteiger partial charge in [-0.3, -0.25) is 0 Å². The Morgan fingerprint density at radius 3 is 2.53 bits per heavy atom. The predicted molar refractivity (Wildman–Crippen MR) is 85.0 cm³/mol. The third-order valence-corrected chi connectivity index (χ3v) is 3.86. The Morgan fingerprint density at radius 1 is 1.16 bits per heavy atom. The molecule has 100 valence electrons. The molecule has 0 unspecified atom stereocenters. The second kappa shape index (κ2) is 6.06. The molecule has 0 aliphatic carbocycles. The lowest BCUT2D eigenvalue weighted by atomic mass is 10.0. The first-order valence-corrected chi connectivity index (χ1v) is 7.65. The van der Waals surface area contributed by atoms with Gasteiger partial charge in [0.25, 0.3) is 0 Å². The Bertz CT molecular complexity index is 597. The van der Waals surface area contributed by atoms with Gasteiger partial charge in [-0.2, -0.15) is 0 Å². The molecular weight excluding hydrogens is 370 g/mol. The van der Waals surface area contributed by atoms with Gasteiger partial charge in [-0.25, -0.2) is 4.98 Å². The number of hydrogen-bond donors (Lipinski definition) is 0. The summed E-state index contributed by atoms with van der Waals surface area (Å²) in [5.74, 6) is 1.90. The first kappa shape index (κ1) is 14.5. The number of halogens is 2. The van der Waals surface area contributed by atoms with Crippen LogP contribution in [-0.4, -0.2) is 4.98 Å². The molecule has 0 N–H and O–H groups in total. The molecule has 1 aromatic carbocycles. The lowest BCUT2D eigenvalue weighted by Gasteiger charge is -2.12. The third-order valence-electron chi connectivity index (χ3n) is 2.86. The first-order chi connectivity index (χ1) is 8.97. The van der Waals surface area contributed by atoms with Gasteiger partial charge in [0.05, 0.1) is 4.47 Å². The van der Waals surface area contributed by atoms with E-state index in [1.807, 2.05) is 13.0 Å². The predicted octanol–water partition coefficient (Wildman–Crippen LogP) is 5.83. The zero-order valence-corrected chi connectivity index (χ0v) is 14.2. The van der Waals surface area contributed by atoms with E-state index in [1.54, 1.807) is 6.20 Å². The van der Waals surface area contributed by atoms with Crippen molar-refractivity contribution in [3.63, 3.8) is 0 Å². The van der Waals surface area contributed by atoms with Gasteiger partial charge in [0, 0.05) is 10.7 Å². The molecule has 0 atom stereocenters. The van der Waals surface area contributed by atoms with E-state index in [1.165, 1.54) is 5.56 Å². The maximum Gasteiger partial charge on any atom is 0.233 e. The molecule has 0 saturated carbocycles. The molecule has 0 saturated heterocycles. The fourth-order valence-corrected chi connectivity index (χ4v) is 2.74. The maximum absolute atomic E-state index is 5.91. The quantitative estimate of drug-likeness (QED) is 0.663. The number of rotatable bonds is 3. The summed E-state index contributed by atoms with van der Waals surface area (Å²) in [4.78, 5) is 4.27. The molecule has 0 aliphatic heterocycles. The van der Waals surface area contributed by atoms with Gasteiger partial charge in [-0.1, -0.05) is 26.0 Å². The highest BCUT2D eigenvalue weighted by Gasteiger charge is 2.09. The molecule has 0 radical (unpaired) electrons. The van der Waals surface area contributed by atoms with Crippen molar-refractivity contribution in [1.29, 1.82) is 0 Å². The first-order valence-electron chi connectivity index (χ1n) is 6.07. The summed E-state index contributed by atoms with van der Waals surface area (Å²) in [7, 11) is 0. The van der Waals surface area contributed by atoms with E-state index in [0.29, 0.717) is 11.8 Å². The normalized spacial score (nSPS) is 10.8. The number of aryl methyl sites for hydroxylation is 1. The van der Waals surface area contributed by atoms with Crippen LogP contribution in [0.3, 0.4) is 0 Å². The van der Waals surface area contributed by atoms with Gasteiger partial charge in [0.2, 0.25) is 5.88 Å². The van der Waals surface area contributed by atoms with Gasteiger partial charge < -0.3 is 4.74 Å². The van der Waals surface area contributed by atoms with Crippen LogP contribution >= 0.6 is 31.9 Å². The summed E-state index contributed by atoms with van der Waals surface area (Å²) in [6.07, 6.45) is 1.72. The SMILES string of the molecule is Cc1ccc(C(C)C)cc1Oc1ncc(Br)cc1Br. The van der Waals surface area contributed by atoms with Crippen LogP contribution in [-0.2, 0) is 0 Å². The van der Waals surface area contributed by atoms with Crippen LogP contribution in [0.25, 0.3) is 0 Å². The minimum atomic E-state index is 0.476. The highest BCUT2D eigenvalue weighted by molar-refractivity contribution is 9.11. The van der Waals surface area contributed by atoms with Crippen LogP contribution in [0.15, 0.2) is 39.4 Å². The highest BCUT2D eigenvalue weighted by Crippen LogP contribution is 2.32. The van der Waals surface area contributed by atoms with Gasteiger partial charge in [-0.15, -0.1) is 0 Å². The molecule has 1 heterocycles. The lowest BCUT2D eigenvalue weighted by molar-refractivity contribution is 0.455. The fourth-order valence-electron chi connectivity index (χ4n) is 1.67. The van der Waals surface area contributed by atoms with Gasteiger partial charge in [-0.05, 0) is 68.0 Å². The van der Waals surface area contributed by atoms with E-state index in [9.17, 15) is 0 Å². The van der Waals surface area contributed by atoms with Crippen molar-refractivity contribution in [2.45, 2.75) is 26.7 Å². The average molecular weight is 385 g/mol. The van der Waals surface area contributed by atoms with E-state index in [4.69, 9.17) is 4.74 Å². The third kappa shape index (κ3) is 3.57. The fraction of sp³-hybridized carbons (Fsp3) is 0.267. The van der Waals surface area contributed by atoms with Crippen molar-refractivity contribution in [2.24, 2.45) is 0 Å². The Hall–Kier alpha value is -0.870. The standard InChI is InChI=1S/C15H15Br2NO/c1-9(2)11-5-4-10(3)14(6-11)19-15-13(17)7-12(16)8-18-15/h4-9H,1-3H3. The van der Waals surface area contributed by atoms with Crippen LogP contribution in [0.4, 0.5) is 0 Å². The smallest absolute Gasteiger partial charge is 0.233 e. The number of ether oxygens (including phenoxy) is 1. The van der Waals surface area contributed by atoms with E-state index in [2.05, 4.69) is 68.9 Å². The van der Waals surface area contributed by atoms with Crippen LogP contribution in [0.5, 0.6) is 11.6 Å². The molecule has 0 fully saturated rings. The molecule has 4 heteroatoms. The minimum Gasteiger partial charge on any atom is -0.438 e. The van der Waals surface area contributed by atoms with Crippen LogP contribution in [0.1, 0.15) is 30.9 Å². The van der Waals surface area contributed by atoms with E-state index < -0.39 is 0 Å². The number of benzene rings is 1. The molecule has 0 aliphatic rings. The van der Waals surface area contributed by atoms with E-state index >= 15 is 0 Å². The van der Waals surface area contributed by atoms with Crippen LogP contribution in [0.2, 0.25) is 0 Å². The summed E-state index contributed by atoms with van der Waals surface area (Å²) in [5, 5.41) is 0. The Labute approximate surface area is 130 Å². The topological polar surface area (TPSA) is 22.1 Å². The molecule has 1 aromatic heterocycles. The van der Waals surface area contributed by atoms with Gasteiger partial charge in [0.1, 0.15) is 5.75 Å². The van der Waals surface area contributed by atoms with Crippen molar-refractivity contribution in [3.8, 4) is 11.6 Å². The number of pyridine rings is 1. The second-order valence-electron chi connectivity index (χ2n) is 4.72. The van der Waals surface area contributed by atoms with Crippen molar-refractivity contribution in [2.75, 3.05) is 0 Å². The number of hydrogen-bond acceptors (Lipinski definition) is 2. The molecule has 2 nitrogen and oxygen atoms in total. The number of aromatic nitrogens is 1. The Morgan fingerprint density at radius 2 is 1.89 bits per heavy atom. The maximum atomic E-state index is 5.91. The van der Waals surface area contributed by atoms with Crippen molar-refractivity contribution < 1.29 is 4.74 Å². The molecular formula is C15H15Br2NO. The zero-order valence-electron chi connectivity index (χ0n) is 11.1. The lowest BCUT2D eigenvalue weighted by Crippen LogP contribution is -1.94. The summed E-state index contributed by atoms with van der Waals surface area (Å²) in [5.41, 5.74) is 2.36. The Balaban J connectivity index is 2.34. The van der Waals surface area contributed by atoms with Crippen LogP contribution < -0.4 is 4.74 Å². The summed E-state index contributed by atoms with van der Waals surface area (Å²) in [6, 6.07) is 8.22. The Kier molecular flexibility index (Phi) is 4.63. The molecule has 0 bridgehead atoms. The van der Waals surface area contributed by atoms with Crippen molar-refractivity contribution in [3.05, 3.63) is 50.5 Å². The van der Waals surface area contributed by atoms with Gasteiger partial charge >= 0.3 is 0 Å². The largest absolute Gasteiger partial charge is 0.438 e. The zero-order chi connectivity index (χ0) is 14.0. The summed E-state index contributed by atoms with van der Waals surface area (Å²) >= 11 is 6.84. The van der Waals surface area contributed by atoms with E-state index in [-0.39, 0.29) is 0 Å². The number of nitrogens with zero attached hydrogens (tertiary/aromatic N) is 1. The molecule has 0 spiro atoms. The van der Waals surface area contributed by atoms with Crippen molar-refractivity contribution >= 4 is 31.9 Å². The van der Waals surface area contributed by atoms with E-state index in [0.717, 1.165) is 20.3 Å². The second-order valence-corrected chi connectivity index (χ2v) is 6.49. The minimum absolute atomic E-state index is 0.476. The molecule has 19 heavy (non-hydrogen) atoms. The summed E-state index contributed by atoms with van der Waals surface area (Å²) in [6.45, 7) is 6.37. The van der Waals surface area contributed by atoms with Gasteiger partial charge in [0.15, 0.2) is 0 Å².